The molecular formula is C32H42O2. The molecule has 0 aromatic heterocycles. The van der Waals surface area contributed by atoms with E-state index in [1.54, 1.807) is 5.56 Å². The lowest BCUT2D eigenvalue weighted by atomic mass is 9.51. The molecule has 3 fully saturated rings. The van der Waals surface area contributed by atoms with E-state index in [2.05, 4.69) is 38.1 Å². The Balaban J connectivity index is 1.34. The third-order valence-electron chi connectivity index (χ3n) is 8.59. The van der Waals surface area contributed by atoms with Gasteiger partial charge in [-0.15, -0.1) is 0 Å². The van der Waals surface area contributed by atoms with E-state index in [1.165, 1.54) is 75.8 Å². The molecule has 2 heteroatoms. The second-order valence-corrected chi connectivity index (χ2v) is 10.8. The zero-order valence-corrected chi connectivity index (χ0v) is 21.3. The number of carbonyl (C=O) groups is 1. The van der Waals surface area contributed by atoms with Crippen LogP contribution in [0.4, 0.5) is 0 Å². The number of allylic oxidation sites excluding steroid dienone is 1. The van der Waals surface area contributed by atoms with E-state index < -0.39 is 0 Å². The first-order chi connectivity index (χ1) is 16.6. The van der Waals surface area contributed by atoms with Crippen LogP contribution in [0.5, 0.6) is 5.75 Å². The Morgan fingerprint density at radius 1 is 0.794 bits per heavy atom. The maximum absolute atomic E-state index is 12.0. The van der Waals surface area contributed by atoms with Gasteiger partial charge in [-0.25, -0.2) is 4.79 Å². The maximum atomic E-state index is 12.0. The molecule has 2 bridgehead atoms. The lowest BCUT2D eigenvalue weighted by molar-refractivity contribution is -0.129. The first kappa shape index (κ1) is 24.8. The summed E-state index contributed by atoms with van der Waals surface area (Å²) in [5.41, 5.74) is 4.99. The van der Waals surface area contributed by atoms with Gasteiger partial charge in [0.15, 0.2) is 0 Å². The van der Waals surface area contributed by atoms with E-state index in [4.69, 9.17) is 4.74 Å². The van der Waals surface area contributed by atoms with E-state index in [-0.39, 0.29) is 5.97 Å². The van der Waals surface area contributed by atoms with Crippen molar-refractivity contribution in [2.75, 3.05) is 0 Å². The van der Waals surface area contributed by atoms with Crippen LogP contribution in [0.3, 0.4) is 0 Å². The number of hydrogen-bond donors (Lipinski definition) is 0. The zero-order valence-electron chi connectivity index (χ0n) is 21.3. The fourth-order valence-corrected chi connectivity index (χ4v) is 6.20. The molecule has 3 aliphatic rings. The maximum Gasteiger partial charge on any atom is 0.335 e. The van der Waals surface area contributed by atoms with Gasteiger partial charge in [-0.1, -0.05) is 88.4 Å². The molecule has 0 amide bonds. The molecule has 3 aliphatic carbocycles. The third kappa shape index (κ3) is 5.82. The van der Waals surface area contributed by atoms with Crippen molar-refractivity contribution in [3.05, 3.63) is 66.2 Å². The molecule has 5 rings (SSSR count). The number of hydrogen-bond acceptors (Lipinski definition) is 2. The standard InChI is InChI=1S/C32H42O2/c1-3-5-7-8-10-30(33)34-29-17-13-27(14-18-29)26-11-15-28(16-12-26)32-23-20-31(21-24-32,22-25-32)19-9-6-4-2/h8,10-18H,3-7,9,19-25H2,1-2H3/b10-8+. The molecule has 0 atom stereocenters. The Kier molecular flexibility index (Phi) is 8.29. The lowest BCUT2D eigenvalue weighted by Crippen LogP contribution is -2.44. The summed E-state index contributed by atoms with van der Waals surface area (Å²) in [6, 6.07) is 17.2. The van der Waals surface area contributed by atoms with E-state index in [1.807, 2.05) is 30.3 Å². The van der Waals surface area contributed by atoms with Gasteiger partial charge in [0.2, 0.25) is 0 Å². The first-order valence-electron chi connectivity index (χ1n) is 13.7. The Morgan fingerprint density at radius 2 is 1.38 bits per heavy atom. The van der Waals surface area contributed by atoms with Crippen LogP contribution in [0, 0.1) is 5.41 Å². The molecule has 182 valence electrons. The summed E-state index contributed by atoms with van der Waals surface area (Å²) >= 11 is 0. The number of ether oxygens (including phenoxy) is 1. The summed E-state index contributed by atoms with van der Waals surface area (Å²) in [5.74, 6) is 0.290. The molecule has 0 aliphatic heterocycles. The predicted molar refractivity (Wildman–Crippen MR) is 142 cm³/mol. The van der Waals surface area contributed by atoms with Crippen LogP contribution in [0.2, 0.25) is 0 Å². The summed E-state index contributed by atoms with van der Waals surface area (Å²) in [4.78, 5) is 12.0. The minimum Gasteiger partial charge on any atom is -0.423 e. The van der Waals surface area contributed by atoms with E-state index in [9.17, 15) is 4.79 Å². The average molecular weight is 459 g/mol. The summed E-state index contributed by atoms with van der Waals surface area (Å²) in [6.45, 7) is 4.45. The van der Waals surface area contributed by atoms with Crippen LogP contribution in [0.15, 0.2) is 60.7 Å². The van der Waals surface area contributed by atoms with Crippen LogP contribution >= 0.6 is 0 Å². The number of benzene rings is 2. The molecule has 34 heavy (non-hydrogen) atoms. The third-order valence-corrected chi connectivity index (χ3v) is 8.59. The van der Waals surface area contributed by atoms with Gasteiger partial charge in [0.25, 0.3) is 0 Å². The fraction of sp³-hybridized carbons (Fsp3) is 0.531. The number of esters is 1. The SMILES string of the molecule is CCCC/C=C/C(=O)Oc1ccc(-c2ccc(C34CCC(CCCCC)(CC3)CC4)cc2)cc1. The summed E-state index contributed by atoms with van der Waals surface area (Å²) < 4.78 is 5.43. The van der Waals surface area contributed by atoms with Crippen molar-refractivity contribution < 1.29 is 9.53 Å². The lowest BCUT2D eigenvalue weighted by Gasteiger charge is -2.54. The Morgan fingerprint density at radius 3 is 1.97 bits per heavy atom. The molecule has 0 saturated heterocycles. The molecule has 0 radical (unpaired) electrons. The molecule has 2 aromatic carbocycles. The van der Waals surface area contributed by atoms with Gasteiger partial charge in [-0.05, 0) is 91.0 Å². The highest BCUT2D eigenvalue weighted by Crippen LogP contribution is 2.59. The van der Waals surface area contributed by atoms with Crippen molar-refractivity contribution in [2.24, 2.45) is 5.41 Å². The summed E-state index contributed by atoms with van der Waals surface area (Å²) in [6.07, 6.45) is 20.5. The predicted octanol–water partition coefficient (Wildman–Crippen LogP) is 9.18. The van der Waals surface area contributed by atoms with Crippen molar-refractivity contribution in [3.63, 3.8) is 0 Å². The van der Waals surface area contributed by atoms with Gasteiger partial charge in [0, 0.05) is 6.08 Å². The summed E-state index contributed by atoms with van der Waals surface area (Å²) in [5, 5.41) is 0. The van der Waals surface area contributed by atoms with Crippen LogP contribution in [0.25, 0.3) is 11.1 Å². The van der Waals surface area contributed by atoms with E-state index in [0.29, 0.717) is 16.6 Å². The summed E-state index contributed by atoms with van der Waals surface area (Å²) in [7, 11) is 0. The van der Waals surface area contributed by atoms with Crippen molar-refractivity contribution in [2.45, 2.75) is 103 Å². The number of unbranched alkanes of at least 4 members (excludes halogenated alkanes) is 4. The van der Waals surface area contributed by atoms with Crippen LogP contribution in [0.1, 0.15) is 103 Å². The minimum atomic E-state index is -0.304. The Hall–Kier alpha value is -2.35. The molecule has 3 saturated carbocycles. The highest BCUT2D eigenvalue weighted by atomic mass is 16.5. The number of fused-ring (bicyclic) bond motifs is 3. The van der Waals surface area contributed by atoms with Crippen molar-refractivity contribution in [3.8, 4) is 16.9 Å². The van der Waals surface area contributed by atoms with Crippen molar-refractivity contribution in [1.29, 1.82) is 0 Å². The van der Waals surface area contributed by atoms with E-state index >= 15 is 0 Å². The van der Waals surface area contributed by atoms with Gasteiger partial charge in [0.1, 0.15) is 5.75 Å². The molecule has 0 unspecified atom stereocenters. The van der Waals surface area contributed by atoms with Crippen molar-refractivity contribution >= 4 is 5.97 Å². The Bertz CT molecular complexity index is 927. The smallest absolute Gasteiger partial charge is 0.335 e. The molecule has 0 N–H and O–H groups in total. The topological polar surface area (TPSA) is 26.3 Å². The zero-order chi connectivity index (χ0) is 23.9. The first-order valence-corrected chi connectivity index (χ1v) is 13.7. The average Bonchev–Trinajstić information content (AvgIpc) is 2.88. The van der Waals surface area contributed by atoms with Crippen LogP contribution < -0.4 is 4.74 Å². The Labute approximate surface area is 206 Å². The highest BCUT2D eigenvalue weighted by molar-refractivity contribution is 5.84. The molecule has 0 heterocycles. The largest absolute Gasteiger partial charge is 0.423 e. The van der Waals surface area contributed by atoms with Gasteiger partial charge in [-0.3, -0.25) is 0 Å². The van der Waals surface area contributed by atoms with Crippen LogP contribution in [-0.4, -0.2) is 5.97 Å². The quantitative estimate of drug-likeness (QED) is 0.145. The normalized spacial score (nSPS) is 23.9. The number of rotatable bonds is 11. The number of carbonyl (C=O) groups excluding carboxylic acids is 1. The second kappa shape index (κ2) is 11.4. The van der Waals surface area contributed by atoms with E-state index in [0.717, 1.165) is 24.8 Å². The highest BCUT2D eigenvalue weighted by Gasteiger charge is 2.48. The molecule has 0 spiro atoms. The van der Waals surface area contributed by atoms with Gasteiger partial charge in [-0.2, -0.15) is 0 Å². The fourth-order valence-electron chi connectivity index (χ4n) is 6.20. The molecular weight excluding hydrogens is 416 g/mol. The molecule has 2 nitrogen and oxygen atoms in total. The second-order valence-electron chi connectivity index (χ2n) is 10.8. The van der Waals surface area contributed by atoms with Crippen LogP contribution in [-0.2, 0) is 10.2 Å². The van der Waals surface area contributed by atoms with Crippen molar-refractivity contribution in [1.82, 2.24) is 0 Å². The van der Waals surface area contributed by atoms with Gasteiger partial charge >= 0.3 is 5.97 Å². The minimum absolute atomic E-state index is 0.304. The van der Waals surface area contributed by atoms with Gasteiger partial charge in [0.05, 0.1) is 0 Å². The monoisotopic (exact) mass is 458 g/mol. The van der Waals surface area contributed by atoms with Gasteiger partial charge < -0.3 is 4.74 Å². The molecule has 2 aromatic rings.